The van der Waals surface area contributed by atoms with Crippen molar-refractivity contribution >= 4 is 8.07 Å². The molecule has 0 aliphatic carbocycles. The first-order chi connectivity index (χ1) is 4.54. The quantitative estimate of drug-likeness (QED) is 0.548. The molecule has 0 fully saturated rings. The summed E-state index contributed by atoms with van der Waals surface area (Å²) in [5.41, 5.74) is 0. The van der Waals surface area contributed by atoms with Gasteiger partial charge in [-0.2, -0.15) is 0 Å². The van der Waals surface area contributed by atoms with Crippen molar-refractivity contribution in [2.24, 2.45) is 0 Å². The second kappa shape index (κ2) is 3.97. The minimum atomic E-state index is -0.946. The zero-order valence-electron chi connectivity index (χ0n) is 7.99. The molecule has 0 amide bonds. The Morgan fingerprint density at radius 2 is 1.90 bits per heavy atom. The van der Waals surface area contributed by atoms with Gasteiger partial charge in [0.1, 0.15) is 0 Å². The molecule has 0 saturated carbocycles. The van der Waals surface area contributed by atoms with Crippen molar-refractivity contribution in [2.75, 3.05) is 0 Å². The van der Waals surface area contributed by atoms with Gasteiger partial charge in [-0.3, -0.25) is 0 Å². The van der Waals surface area contributed by atoms with Gasteiger partial charge in [-0.15, -0.1) is 0 Å². The highest BCUT2D eigenvalue weighted by Gasteiger charge is 2.20. The van der Waals surface area contributed by atoms with Crippen molar-refractivity contribution in [2.45, 2.75) is 46.3 Å². The Hall–Kier alpha value is -0.0431. The second-order valence-corrected chi connectivity index (χ2v) is 8.66. The molecule has 0 N–H and O–H groups in total. The molecular formula is C9H20Si. The van der Waals surface area contributed by atoms with E-state index >= 15 is 0 Å². The van der Waals surface area contributed by atoms with Gasteiger partial charge in [0.25, 0.3) is 0 Å². The van der Waals surface area contributed by atoms with E-state index in [1.54, 1.807) is 5.20 Å². The summed E-state index contributed by atoms with van der Waals surface area (Å²) in [7, 11) is -0.946. The first kappa shape index (κ1) is 9.96. The van der Waals surface area contributed by atoms with E-state index in [-0.39, 0.29) is 0 Å². The maximum Gasteiger partial charge on any atom is 0.0746 e. The van der Waals surface area contributed by atoms with Crippen molar-refractivity contribution in [1.82, 2.24) is 0 Å². The van der Waals surface area contributed by atoms with Crippen LogP contribution in [0.5, 0.6) is 0 Å². The lowest BCUT2D eigenvalue weighted by Gasteiger charge is -2.22. The Bertz CT molecular complexity index is 123. The van der Waals surface area contributed by atoms with Crippen molar-refractivity contribution in [1.29, 1.82) is 0 Å². The molecule has 0 aromatic carbocycles. The van der Waals surface area contributed by atoms with Crippen LogP contribution in [0.25, 0.3) is 0 Å². The number of hydrogen-bond acceptors (Lipinski definition) is 0. The summed E-state index contributed by atoms with van der Waals surface area (Å²) in [6, 6.07) is 1.43. The smallest absolute Gasteiger partial charge is 0.0746 e. The molecule has 0 aromatic heterocycles. The third-order valence-electron chi connectivity index (χ3n) is 2.38. The molecule has 0 unspecified atom stereocenters. The molecule has 0 bridgehead atoms. The summed E-state index contributed by atoms with van der Waals surface area (Å²) in [6.45, 7) is 11.6. The van der Waals surface area contributed by atoms with Crippen LogP contribution in [0.3, 0.4) is 0 Å². The van der Waals surface area contributed by atoms with Gasteiger partial charge in [0, 0.05) is 0 Å². The molecule has 60 valence electrons. The van der Waals surface area contributed by atoms with Crippen molar-refractivity contribution in [3.05, 3.63) is 11.3 Å². The molecule has 0 radical (unpaired) electrons. The topological polar surface area (TPSA) is 0 Å². The van der Waals surface area contributed by atoms with Crippen LogP contribution < -0.4 is 0 Å². The molecule has 0 nitrogen and oxygen atoms in total. The molecule has 0 aliphatic heterocycles. The van der Waals surface area contributed by atoms with E-state index in [4.69, 9.17) is 0 Å². The summed E-state index contributed by atoms with van der Waals surface area (Å²) in [5.74, 6) is 0. The molecule has 0 aromatic rings. The average molecular weight is 156 g/mol. The van der Waals surface area contributed by atoms with Gasteiger partial charge in [0.15, 0.2) is 0 Å². The standard InChI is InChI=1S/C9H20Si/c1-6-8-10(4,5)9(3)7-2/h7H,6,8H2,1-5H3. The minimum absolute atomic E-state index is 0.946. The highest BCUT2D eigenvalue weighted by Crippen LogP contribution is 2.20. The van der Waals surface area contributed by atoms with Crippen LogP contribution in [0.4, 0.5) is 0 Å². The van der Waals surface area contributed by atoms with Crippen LogP contribution in [0.2, 0.25) is 19.1 Å². The van der Waals surface area contributed by atoms with E-state index in [2.05, 4.69) is 39.9 Å². The molecule has 0 aliphatic rings. The molecule has 1 heteroatoms. The lowest BCUT2D eigenvalue weighted by Crippen LogP contribution is -2.26. The van der Waals surface area contributed by atoms with E-state index in [9.17, 15) is 0 Å². The van der Waals surface area contributed by atoms with E-state index < -0.39 is 8.07 Å². The number of rotatable bonds is 3. The van der Waals surface area contributed by atoms with Gasteiger partial charge in [-0.25, -0.2) is 0 Å². The van der Waals surface area contributed by atoms with Gasteiger partial charge < -0.3 is 0 Å². The predicted octanol–water partition coefficient (Wildman–Crippen LogP) is 3.61. The van der Waals surface area contributed by atoms with Crippen LogP contribution >= 0.6 is 0 Å². The third kappa shape index (κ3) is 2.69. The SMILES string of the molecule is CC=C(C)[Si](C)(C)CCC. The molecule has 0 heterocycles. The summed E-state index contributed by atoms with van der Waals surface area (Å²) in [4.78, 5) is 0. The summed E-state index contributed by atoms with van der Waals surface area (Å²) < 4.78 is 0. The Morgan fingerprint density at radius 3 is 2.20 bits per heavy atom. The Balaban J connectivity index is 4.10. The summed E-state index contributed by atoms with van der Waals surface area (Å²) >= 11 is 0. The molecule has 10 heavy (non-hydrogen) atoms. The highest BCUT2D eigenvalue weighted by molar-refractivity contribution is 6.84. The Kier molecular flexibility index (Phi) is 3.95. The van der Waals surface area contributed by atoms with Crippen LogP contribution in [-0.4, -0.2) is 8.07 Å². The van der Waals surface area contributed by atoms with Crippen LogP contribution in [0.1, 0.15) is 27.2 Å². The van der Waals surface area contributed by atoms with Gasteiger partial charge in [0.05, 0.1) is 8.07 Å². The largest absolute Gasteiger partial charge is 0.0926 e. The monoisotopic (exact) mass is 156 g/mol. The fourth-order valence-corrected chi connectivity index (χ4v) is 3.64. The van der Waals surface area contributed by atoms with Gasteiger partial charge >= 0.3 is 0 Å². The third-order valence-corrected chi connectivity index (χ3v) is 6.55. The van der Waals surface area contributed by atoms with E-state index in [0.29, 0.717) is 0 Å². The highest BCUT2D eigenvalue weighted by atomic mass is 28.3. The van der Waals surface area contributed by atoms with Crippen molar-refractivity contribution in [3.63, 3.8) is 0 Å². The predicted molar refractivity (Wildman–Crippen MR) is 52.0 cm³/mol. The first-order valence-corrected chi connectivity index (χ1v) is 7.38. The second-order valence-electron chi connectivity index (χ2n) is 3.61. The first-order valence-electron chi connectivity index (χ1n) is 4.18. The van der Waals surface area contributed by atoms with E-state index in [1.807, 2.05) is 0 Å². The lowest BCUT2D eigenvalue weighted by molar-refractivity contribution is 1.05. The van der Waals surface area contributed by atoms with E-state index in [1.165, 1.54) is 12.5 Å². The number of allylic oxidation sites excluding steroid dienone is 2. The molecule has 0 spiro atoms. The maximum absolute atomic E-state index is 2.45. The Labute approximate surface area is 66.4 Å². The van der Waals surface area contributed by atoms with Crippen LogP contribution in [0, 0.1) is 0 Å². The zero-order valence-corrected chi connectivity index (χ0v) is 8.99. The van der Waals surface area contributed by atoms with E-state index in [0.717, 1.165) is 0 Å². The molecular weight excluding hydrogens is 136 g/mol. The summed E-state index contributed by atoms with van der Waals surface area (Å²) in [5, 5.41) is 1.65. The minimum Gasteiger partial charge on any atom is -0.0926 e. The average Bonchev–Trinajstić information content (AvgIpc) is 1.86. The normalized spacial score (nSPS) is 13.9. The molecule has 0 saturated heterocycles. The maximum atomic E-state index is 2.45. The molecule has 0 atom stereocenters. The fraction of sp³-hybridized carbons (Fsp3) is 0.778. The van der Waals surface area contributed by atoms with Crippen molar-refractivity contribution < 1.29 is 0 Å². The zero-order chi connectivity index (χ0) is 8.20. The lowest BCUT2D eigenvalue weighted by atomic mass is 10.6. The van der Waals surface area contributed by atoms with Gasteiger partial charge in [-0.05, 0) is 13.8 Å². The summed E-state index contributed by atoms with van der Waals surface area (Å²) in [6.07, 6.45) is 3.62. The fourth-order valence-electron chi connectivity index (χ4n) is 1.21. The van der Waals surface area contributed by atoms with Crippen LogP contribution in [0.15, 0.2) is 11.3 Å². The van der Waals surface area contributed by atoms with Crippen LogP contribution in [-0.2, 0) is 0 Å². The number of hydrogen-bond donors (Lipinski definition) is 0. The van der Waals surface area contributed by atoms with Gasteiger partial charge in [-0.1, -0.05) is 43.8 Å². The molecule has 0 rings (SSSR count). The van der Waals surface area contributed by atoms with Crippen molar-refractivity contribution in [3.8, 4) is 0 Å². The van der Waals surface area contributed by atoms with Gasteiger partial charge in [0.2, 0.25) is 0 Å². The Morgan fingerprint density at radius 1 is 1.40 bits per heavy atom.